The summed E-state index contributed by atoms with van der Waals surface area (Å²) in [5.74, 6) is 2.32. The fourth-order valence-electron chi connectivity index (χ4n) is 4.75. The molecule has 5 heteroatoms. The first-order valence-corrected chi connectivity index (χ1v) is 8.35. The van der Waals surface area contributed by atoms with Crippen molar-refractivity contribution in [2.24, 2.45) is 17.8 Å². The van der Waals surface area contributed by atoms with E-state index in [2.05, 4.69) is 5.09 Å². The van der Waals surface area contributed by atoms with Gasteiger partial charge < -0.3 is 4.89 Å². The average Bonchev–Trinajstić information content (AvgIpc) is 2.11. The molecule has 2 N–H and O–H groups in total. The molecule has 4 aliphatic rings. The average molecular weight is 259 g/mol. The van der Waals surface area contributed by atoms with Gasteiger partial charge in [-0.1, -0.05) is 0 Å². The van der Waals surface area contributed by atoms with Crippen LogP contribution in [0, 0.1) is 17.8 Å². The molecule has 98 valence electrons. The van der Waals surface area contributed by atoms with Gasteiger partial charge in [0.2, 0.25) is 0 Å². The van der Waals surface area contributed by atoms with Crippen molar-refractivity contribution in [3.05, 3.63) is 0 Å². The summed E-state index contributed by atoms with van der Waals surface area (Å²) < 4.78 is 16.9. The van der Waals surface area contributed by atoms with Crippen molar-refractivity contribution in [3.63, 3.8) is 0 Å². The minimum absolute atomic E-state index is 0.103. The third kappa shape index (κ3) is 2.33. The van der Waals surface area contributed by atoms with Crippen molar-refractivity contribution >= 4 is 7.75 Å². The number of nitrogens with one attached hydrogen (secondary N) is 1. The maximum absolute atomic E-state index is 11.9. The molecule has 4 fully saturated rings. The van der Waals surface area contributed by atoms with Crippen molar-refractivity contribution in [3.8, 4) is 0 Å². The van der Waals surface area contributed by atoms with Gasteiger partial charge in [-0.2, -0.15) is 0 Å². The van der Waals surface area contributed by atoms with E-state index < -0.39 is 7.75 Å². The Bertz CT molecular complexity index is 322. The molecule has 17 heavy (non-hydrogen) atoms. The highest BCUT2D eigenvalue weighted by Gasteiger charge is 2.52. The van der Waals surface area contributed by atoms with Gasteiger partial charge in [-0.3, -0.25) is 4.52 Å². The lowest BCUT2D eigenvalue weighted by atomic mass is 9.53. The maximum Gasteiger partial charge on any atom is 0.403 e. The summed E-state index contributed by atoms with van der Waals surface area (Å²) in [6.45, 7) is 2.04. The molecule has 4 bridgehead atoms. The first-order chi connectivity index (χ1) is 8.00. The number of hydrogen-bond acceptors (Lipinski definition) is 2. The quantitative estimate of drug-likeness (QED) is 0.762. The van der Waals surface area contributed by atoms with Crippen LogP contribution >= 0.6 is 7.75 Å². The van der Waals surface area contributed by atoms with Gasteiger partial charge in [0.05, 0.1) is 6.61 Å². The zero-order valence-electron chi connectivity index (χ0n) is 10.4. The van der Waals surface area contributed by atoms with Crippen molar-refractivity contribution < 1.29 is 14.0 Å². The van der Waals surface area contributed by atoms with E-state index in [9.17, 15) is 9.46 Å². The monoisotopic (exact) mass is 259 g/mol. The van der Waals surface area contributed by atoms with E-state index in [0.29, 0.717) is 0 Å². The summed E-state index contributed by atoms with van der Waals surface area (Å²) in [5.41, 5.74) is -0.103. The van der Waals surface area contributed by atoms with E-state index in [4.69, 9.17) is 4.52 Å². The fourth-order valence-corrected chi connectivity index (χ4v) is 6.04. The third-order valence-corrected chi connectivity index (χ3v) is 6.09. The lowest BCUT2D eigenvalue weighted by Crippen LogP contribution is -2.57. The SMILES string of the molecule is CCOP(=O)(O)NC12CC3CC(CC(C3)C1)C2. The van der Waals surface area contributed by atoms with Crippen molar-refractivity contribution in [1.29, 1.82) is 0 Å². The number of rotatable bonds is 4. The van der Waals surface area contributed by atoms with Crippen LogP contribution in [-0.2, 0) is 9.09 Å². The molecule has 0 saturated heterocycles. The highest BCUT2D eigenvalue weighted by Crippen LogP contribution is 2.58. The molecule has 0 spiro atoms. The minimum Gasteiger partial charge on any atom is -0.312 e. The van der Waals surface area contributed by atoms with E-state index in [1.165, 1.54) is 19.3 Å². The van der Waals surface area contributed by atoms with Gasteiger partial charge in [0.15, 0.2) is 0 Å². The molecule has 1 unspecified atom stereocenters. The van der Waals surface area contributed by atoms with Gasteiger partial charge in [-0.15, -0.1) is 0 Å². The second kappa shape index (κ2) is 4.06. The Morgan fingerprint density at radius 1 is 1.24 bits per heavy atom. The Balaban J connectivity index is 1.76. The molecule has 4 saturated carbocycles. The molecule has 0 aliphatic heterocycles. The number of hydrogen-bond donors (Lipinski definition) is 2. The van der Waals surface area contributed by atoms with Gasteiger partial charge in [-0.25, -0.2) is 9.65 Å². The molecule has 0 aromatic carbocycles. The lowest BCUT2D eigenvalue weighted by molar-refractivity contribution is -0.0121. The third-order valence-electron chi connectivity index (χ3n) is 4.72. The molecular weight excluding hydrogens is 237 g/mol. The summed E-state index contributed by atoms with van der Waals surface area (Å²) >= 11 is 0. The normalized spacial score (nSPS) is 47.1. The molecule has 4 nitrogen and oxygen atoms in total. The second-order valence-corrected chi connectivity index (χ2v) is 7.77. The lowest BCUT2D eigenvalue weighted by Gasteiger charge is -2.57. The van der Waals surface area contributed by atoms with Crippen LogP contribution in [-0.4, -0.2) is 17.0 Å². The summed E-state index contributed by atoms with van der Waals surface area (Å²) in [4.78, 5) is 9.80. The van der Waals surface area contributed by atoms with E-state index in [-0.39, 0.29) is 12.1 Å². The Hall–Kier alpha value is 0.110. The fraction of sp³-hybridized carbons (Fsp3) is 1.00. The Kier molecular flexibility index (Phi) is 2.90. The zero-order chi connectivity index (χ0) is 12.1. The van der Waals surface area contributed by atoms with Crippen LogP contribution in [0.15, 0.2) is 0 Å². The van der Waals surface area contributed by atoms with Gasteiger partial charge in [0.1, 0.15) is 0 Å². The van der Waals surface area contributed by atoms with Crippen molar-refractivity contribution in [1.82, 2.24) is 5.09 Å². The highest BCUT2D eigenvalue weighted by atomic mass is 31.2. The predicted octanol–water partition coefficient (Wildman–Crippen LogP) is 2.68. The van der Waals surface area contributed by atoms with Crippen LogP contribution in [0.3, 0.4) is 0 Å². The van der Waals surface area contributed by atoms with Gasteiger partial charge in [0, 0.05) is 5.54 Å². The topological polar surface area (TPSA) is 58.6 Å². The molecule has 0 aromatic rings. The summed E-state index contributed by atoms with van der Waals surface area (Å²) in [5, 5.41) is 2.99. The van der Waals surface area contributed by atoms with E-state index in [1.807, 2.05) is 0 Å². The summed E-state index contributed by atoms with van der Waals surface area (Å²) in [6.07, 6.45) is 7.21. The van der Waals surface area contributed by atoms with Crippen molar-refractivity contribution in [2.45, 2.75) is 51.0 Å². The molecule has 0 heterocycles. The van der Waals surface area contributed by atoms with Crippen LogP contribution in [0.5, 0.6) is 0 Å². The Labute approximate surface area is 103 Å². The van der Waals surface area contributed by atoms with E-state index in [0.717, 1.165) is 37.0 Å². The largest absolute Gasteiger partial charge is 0.403 e. The minimum atomic E-state index is -3.59. The summed E-state index contributed by atoms with van der Waals surface area (Å²) in [7, 11) is -3.59. The highest BCUT2D eigenvalue weighted by molar-refractivity contribution is 7.50. The molecule has 0 radical (unpaired) electrons. The van der Waals surface area contributed by atoms with Crippen LogP contribution in [0.1, 0.15) is 45.4 Å². The first kappa shape index (κ1) is 12.2. The standard InChI is InChI=1S/C12H22NO3P/c1-2-16-17(14,15)13-12-6-9-3-10(7-12)5-11(4-9)8-12/h9-11H,2-8H2,1H3,(H2,13,14,15). The summed E-state index contributed by atoms with van der Waals surface area (Å²) in [6, 6.07) is 0. The van der Waals surface area contributed by atoms with E-state index in [1.54, 1.807) is 6.92 Å². The predicted molar refractivity (Wildman–Crippen MR) is 65.5 cm³/mol. The van der Waals surface area contributed by atoms with Gasteiger partial charge in [0.25, 0.3) is 0 Å². The molecule has 1 atom stereocenters. The van der Waals surface area contributed by atoms with Gasteiger partial charge in [-0.05, 0) is 63.2 Å². The Morgan fingerprint density at radius 2 is 1.71 bits per heavy atom. The van der Waals surface area contributed by atoms with Crippen LogP contribution in [0.2, 0.25) is 0 Å². The van der Waals surface area contributed by atoms with Gasteiger partial charge >= 0.3 is 7.75 Å². The maximum atomic E-state index is 11.9. The zero-order valence-corrected chi connectivity index (χ0v) is 11.3. The van der Waals surface area contributed by atoms with E-state index >= 15 is 0 Å². The molecule has 4 aliphatic carbocycles. The van der Waals surface area contributed by atoms with Crippen LogP contribution in [0.4, 0.5) is 0 Å². The second-order valence-electron chi connectivity index (χ2n) is 6.25. The Morgan fingerprint density at radius 3 is 2.12 bits per heavy atom. The van der Waals surface area contributed by atoms with Crippen LogP contribution in [0.25, 0.3) is 0 Å². The molecular formula is C12H22NO3P. The van der Waals surface area contributed by atoms with Crippen LogP contribution < -0.4 is 5.09 Å². The smallest absolute Gasteiger partial charge is 0.312 e. The van der Waals surface area contributed by atoms with Crippen molar-refractivity contribution in [2.75, 3.05) is 6.61 Å². The molecule has 0 amide bonds. The first-order valence-electron chi connectivity index (χ1n) is 6.77. The molecule has 4 rings (SSSR count). The molecule has 0 aromatic heterocycles.